The van der Waals surface area contributed by atoms with Crippen molar-refractivity contribution in [2.24, 2.45) is 0 Å². The highest BCUT2D eigenvalue weighted by Gasteiger charge is 2.19. The first-order valence-corrected chi connectivity index (χ1v) is 33.0. The Balaban J connectivity index is 4.25. The molecule has 6 heteroatoms. The Hall–Kier alpha value is -2.37. The highest BCUT2D eigenvalue weighted by atomic mass is 16.6. The van der Waals surface area contributed by atoms with Gasteiger partial charge in [0.25, 0.3) is 0 Å². The van der Waals surface area contributed by atoms with Crippen LogP contribution in [0.4, 0.5) is 0 Å². The number of unbranched alkanes of at least 4 members (excludes halogenated alkanes) is 44. The standard InChI is InChI=1S/C68H126O6/c1-4-7-10-13-16-19-22-25-27-29-31-32-33-34-35-37-38-40-43-46-49-52-55-58-61-67(70)73-64-65(63-72-66(69)60-57-54-51-48-45-42-24-21-18-15-12-9-6-3)74-68(71)62-59-56-53-50-47-44-41-39-36-30-28-26-23-20-17-14-11-8-5-2/h12,15,21,24,26,28,65H,4-11,13-14,16-20,22-23,25,27,29-64H2,1-3H3/b15-12-,24-21-,28-26-. The molecule has 0 aromatic carbocycles. The van der Waals surface area contributed by atoms with Crippen molar-refractivity contribution in [3.8, 4) is 0 Å². The minimum atomic E-state index is -0.777. The summed E-state index contributed by atoms with van der Waals surface area (Å²) in [6, 6.07) is 0. The average Bonchev–Trinajstić information content (AvgIpc) is 3.40. The minimum absolute atomic E-state index is 0.0732. The molecule has 0 rings (SSSR count). The van der Waals surface area contributed by atoms with Gasteiger partial charge in [-0.25, -0.2) is 0 Å². The summed E-state index contributed by atoms with van der Waals surface area (Å²) in [5.41, 5.74) is 0. The number of hydrogen-bond donors (Lipinski definition) is 0. The molecule has 6 nitrogen and oxygen atoms in total. The normalized spacial score (nSPS) is 12.2. The molecule has 0 N–H and O–H groups in total. The monoisotopic (exact) mass is 1040 g/mol. The first kappa shape index (κ1) is 71.6. The third-order valence-corrected chi connectivity index (χ3v) is 14.8. The molecule has 0 radical (unpaired) electrons. The third kappa shape index (κ3) is 60.5. The second-order valence-electron chi connectivity index (χ2n) is 22.4. The van der Waals surface area contributed by atoms with Crippen LogP contribution in [0.1, 0.15) is 361 Å². The maximum absolute atomic E-state index is 12.9. The molecule has 0 aromatic rings. The Morgan fingerprint density at radius 2 is 0.514 bits per heavy atom. The summed E-state index contributed by atoms with van der Waals surface area (Å²) in [6.45, 7) is 6.62. The van der Waals surface area contributed by atoms with E-state index in [9.17, 15) is 14.4 Å². The van der Waals surface area contributed by atoms with Gasteiger partial charge in [-0.05, 0) is 70.6 Å². The average molecular weight is 1040 g/mol. The van der Waals surface area contributed by atoms with Crippen LogP contribution < -0.4 is 0 Å². The van der Waals surface area contributed by atoms with Gasteiger partial charge in [-0.2, -0.15) is 0 Å². The number of esters is 3. The zero-order valence-electron chi connectivity index (χ0n) is 49.9. The van der Waals surface area contributed by atoms with Gasteiger partial charge in [-0.3, -0.25) is 14.4 Å². The molecule has 434 valence electrons. The molecule has 0 spiro atoms. The van der Waals surface area contributed by atoms with E-state index in [1.54, 1.807) is 0 Å². The predicted molar refractivity (Wildman–Crippen MR) is 321 cm³/mol. The van der Waals surface area contributed by atoms with Crippen molar-refractivity contribution in [2.75, 3.05) is 13.2 Å². The van der Waals surface area contributed by atoms with Crippen LogP contribution in [0.15, 0.2) is 36.5 Å². The van der Waals surface area contributed by atoms with Crippen LogP contribution in [-0.4, -0.2) is 37.2 Å². The van der Waals surface area contributed by atoms with E-state index in [0.717, 1.165) is 83.5 Å². The topological polar surface area (TPSA) is 78.9 Å². The van der Waals surface area contributed by atoms with E-state index >= 15 is 0 Å². The second kappa shape index (κ2) is 63.2. The van der Waals surface area contributed by atoms with E-state index in [-0.39, 0.29) is 31.1 Å². The molecule has 0 amide bonds. The number of carbonyl (C=O) groups excluding carboxylic acids is 3. The Labute approximate surface area is 461 Å². The third-order valence-electron chi connectivity index (χ3n) is 14.8. The van der Waals surface area contributed by atoms with Gasteiger partial charge in [0.2, 0.25) is 0 Å². The first-order valence-electron chi connectivity index (χ1n) is 33.0. The summed E-state index contributed by atoms with van der Waals surface area (Å²) in [5.74, 6) is -0.866. The summed E-state index contributed by atoms with van der Waals surface area (Å²) < 4.78 is 16.9. The van der Waals surface area contributed by atoms with E-state index in [1.165, 1.54) is 238 Å². The molecule has 0 aromatic heterocycles. The molecule has 1 atom stereocenters. The lowest BCUT2D eigenvalue weighted by molar-refractivity contribution is -0.167. The van der Waals surface area contributed by atoms with Gasteiger partial charge in [0, 0.05) is 19.3 Å². The second-order valence-corrected chi connectivity index (χ2v) is 22.4. The molecule has 0 aliphatic rings. The molecule has 0 aliphatic carbocycles. The van der Waals surface area contributed by atoms with E-state index in [0.29, 0.717) is 19.3 Å². The van der Waals surface area contributed by atoms with E-state index in [1.807, 2.05) is 0 Å². The van der Waals surface area contributed by atoms with Gasteiger partial charge in [0.05, 0.1) is 0 Å². The first-order chi connectivity index (χ1) is 36.5. The largest absolute Gasteiger partial charge is 0.462 e. The van der Waals surface area contributed by atoms with Gasteiger partial charge >= 0.3 is 17.9 Å². The number of rotatable bonds is 61. The highest BCUT2D eigenvalue weighted by molar-refractivity contribution is 5.71. The fourth-order valence-corrected chi connectivity index (χ4v) is 9.89. The number of ether oxygens (including phenoxy) is 3. The fourth-order valence-electron chi connectivity index (χ4n) is 9.89. The Bertz CT molecular complexity index is 1240. The van der Waals surface area contributed by atoms with Crippen LogP contribution in [0.3, 0.4) is 0 Å². The maximum Gasteiger partial charge on any atom is 0.306 e. The van der Waals surface area contributed by atoms with Gasteiger partial charge in [0.15, 0.2) is 6.10 Å². The molecule has 0 saturated carbocycles. The van der Waals surface area contributed by atoms with Gasteiger partial charge in [-0.15, -0.1) is 0 Å². The summed E-state index contributed by atoms with van der Waals surface area (Å²) in [7, 11) is 0. The smallest absolute Gasteiger partial charge is 0.306 e. The van der Waals surface area contributed by atoms with E-state index in [2.05, 4.69) is 57.2 Å². The van der Waals surface area contributed by atoms with Crippen molar-refractivity contribution in [2.45, 2.75) is 367 Å². The summed E-state index contributed by atoms with van der Waals surface area (Å²) in [5, 5.41) is 0. The Kier molecular flexibility index (Phi) is 61.1. The molecule has 74 heavy (non-hydrogen) atoms. The van der Waals surface area contributed by atoms with Gasteiger partial charge in [-0.1, -0.05) is 308 Å². The summed E-state index contributed by atoms with van der Waals surface area (Å²) >= 11 is 0. The highest BCUT2D eigenvalue weighted by Crippen LogP contribution is 2.18. The van der Waals surface area contributed by atoms with Crippen molar-refractivity contribution >= 4 is 17.9 Å². The molecule has 1 unspecified atom stereocenters. The van der Waals surface area contributed by atoms with Crippen molar-refractivity contribution in [1.29, 1.82) is 0 Å². The molecule has 0 bridgehead atoms. The van der Waals surface area contributed by atoms with Crippen molar-refractivity contribution in [3.05, 3.63) is 36.5 Å². The van der Waals surface area contributed by atoms with Crippen molar-refractivity contribution in [1.82, 2.24) is 0 Å². The Morgan fingerprint density at radius 3 is 0.811 bits per heavy atom. The van der Waals surface area contributed by atoms with Crippen molar-refractivity contribution in [3.63, 3.8) is 0 Å². The maximum atomic E-state index is 12.9. The molecule has 0 heterocycles. The van der Waals surface area contributed by atoms with Crippen LogP contribution in [0, 0.1) is 0 Å². The Morgan fingerprint density at radius 1 is 0.270 bits per heavy atom. The van der Waals surface area contributed by atoms with Gasteiger partial charge in [0.1, 0.15) is 13.2 Å². The van der Waals surface area contributed by atoms with E-state index in [4.69, 9.17) is 14.2 Å². The number of hydrogen-bond acceptors (Lipinski definition) is 6. The van der Waals surface area contributed by atoms with E-state index < -0.39 is 6.10 Å². The zero-order chi connectivity index (χ0) is 53.6. The lowest BCUT2D eigenvalue weighted by Gasteiger charge is -2.18. The molecule has 0 fully saturated rings. The summed E-state index contributed by atoms with van der Waals surface area (Å²) in [6.07, 6.45) is 77.3. The van der Waals surface area contributed by atoms with Crippen LogP contribution >= 0.6 is 0 Å². The fraction of sp³-hybridized carbons (Fsp3) is 0.868. The minimum Gasteiger partial charge on any atom is -0.462 e. The summed E-state index contributed by atoms with van der Waals surface area (Å²) in [4.78, 5) is 38.3. The molecular formula is C68H126O6. The SMILES string of the molecule is CCC/C=C\C/C=C\CCCCCCCC(=O)OCC(COC(=O)CCCCCCCCCCCCCCCCCCCCCCCCCC)OC(=O)CCCCCCCCCCC/C=C\CCCCCCCC. The van der Waals surface area contributed by atoms with Crippen LogP contribution in [-0.2, 0) is 28.6 Å². The zero-order valence-corrected chi connectivity index (χ0v) is 49.9. The molecule has 0 aliphatic heterocycles. The molecular weight excluding hydrogens is 913 g/mol. The van der Waals surface area contributed by atoms with Crippen LogP contribution in [0.2, 0.25) is 0 Å². The number of allylic oxidation sites excluding steroid dienone is 6. The predicted octanol–water partition coefficient (Wildman–Crippen LogP) is 22.4. The van der Waals surface area contributed by atoms with Crippen LogP contribution in [0.25, 0.3) is 0 Å². The lowest BCUT2D eigenvalue weighted by Crippen LogP contribution is -2.30. The lowest BCUT2D eigenvalue weighted by atomic mass is 10.0. The van der Waals surface area contributed by atoms with Crippen LogP contribution in [0.5, 0.6) is 0 Å². The van der Waals surface area contributed by atoms with Crippen molar-refractivity contribution < 1.29 is 28.6 Å². The van der Waals surface area contributed by atoms with Gasteiger partial charge < -0.3 is 14.2 Å². The molecule has 0 saturated heterocycles. The quantitative estimate of drug-likeness (QED) is 0.0261. The number of carbonyl (C=O) groups is 3.